The topological polar surface area (TPSA) is 45.2 Å². The minimum absolute atomic E-state index is 0.0483. The minimum atomic E-state index is -0.195. The van der Waals surface area contributed by atoms with Crippen LogP contribution in [0.15, 0.2) is 24.3 Å². The van der Waals surface area contributed by atoms with Crippen LogP contribution < -0.4 is 9.64 Å². The van der Waals surface area contributed by atoms with Gasteiger partial charge in [0.2, 0.25) is 0 Å². The zero-order valence-corrected chi connectivity index (χ0v) is 13.9. The van der Waals surface area contributed by atoms with Gasteiger partial charge >= 0.3 is 6.09 Å². The van der Waals surface area contributed by atoms with E-state index in [2.05, 4.69) is 21.9 Å². The standard InChI is InChI=1S/C17H25N3O3/c1-18-13-16(23-17(18)21)7-8-19-9-11-20(12-10-19)14-3-5-15(22-2)6-4-14/h3-6,16H,7-13H2,1-2H3. The monoisotopic (exact) mass is 319 g/mol. The van der Waals surface area contributed by atoms with Crippen molar-refractivity contribution < 1.29 is 14.3 Å². The SMILES string of the molecule is COc1ccc(N2CCN(CCC3CN(C)C(=O)O3)CC2)cc1. The molecule has 0 aliphatic carbocycles. The smallest absolute Gasteiger partial charge is 0.409 e. The Labute approximate surface area is 137 Å². The highest BCUT2D eigenvalue weighted by Gasteiger charge is 2.28. The highest BCUT2D eigenvalue weighted by Crippen LogP contribution is 2.21. The molecule has 0 saturated carbocycles. The Kier molecular flexibility index (Phi) is 4.91. The fraction of sp³-hybridized carbons (Fsp3) is 0.588. The van der Waals surface area contributed by atoms with Crippen LogP contribution >= 0.6 is 0 Å². The number of benzene rings is 1. The van der Waals surface area contributed by atoms with Crippen LogP contribution in [0.5, 0.6) is 5.75 Å². The maximum absolute atomic E-state index is 11.4. The molecule has 1 atom stereocenters. The van der Waals surface area contributed by atoms with Gasteiger partial charge in [0.15, 0.2) is 0 Å². The van der Waals surface area contributed by atoms with Gasteiger partial charge in [0.25, 0.3) is 0 Å². The Hall–Kier alpha value is -1.95. The van der Waals surface area contributed by atoms with Gasteiger partial charge < -0.3 is 19.3 Å². The van der Waals surface area contributed by atoms with Crippen molar-refractivity contribution in [3.8, 4) is 5.75 Å². The number of anilines is 1. The van der Waals surface area contributed by atoms with Crippen LogP contribution in [0.3, 0.4) is 0 Å². The molecule has 2 saturated heterocycles. The van der Waals surface area contributed by atoms with Crippen molar-refractivity contribution in [1.82, 2.24) is 9.80 Å². The van der Waals surface area contributed by atoms with Crippen molar-refractivity contribution in [3.63, 3.8) is 0 Å². The third-order valence-electron chi connectivity index (χ3n) is 4.63. The summed E-state index contributed by atoms with van der Waals surface area (Å²) in [5, 5.41) is 0. The lowest BCUT2D eigenvalue weighted by Crippen LogP contribution is -2.47. The summed E-state index contributed by atoms with van der Waals surface area (Å²) in [6.45, 7) is 5.84. The van der Waals surface area contributed by atoms with Gasteiger partial charge in [-0.2, -0.15) is 0 Å². The van der Waals surface area contributed by atoms with Crippen molar-refractivity contribution in [1.29, 1.82) is 0 Å². The molecule has 2 aliphatic rings. The average molecular weight is 319 g/mol. The summed E-state index contributed by atoms with van der Waals surface area (Å²) in [5.41, 5.74) is 1.25. The molecule has 2 aliphatic heterocycles. The number of ether oxygens (including phenoxy) is 2. The molecular formula is C17H25N3O3. The summed E-state index contributed by atoms with van der Waals surface area (Å²) in [6, 6.07) is 8.24. The van der Waals surface area contributed by atoms with E-state index in [1.165, 1.54) is 5.69 Å². The molecule has 0 N–H and O–H groups in total. The number of carbonyl (C=O) groups is 1. The molecule has 0 aromatic heterocycles. The second-order valence-electron chi connectivity index (χ2n) is 6.20. The van der Waals surface area contributed by atoms with Crippen LogP contribution in [0.25, 0.3) is 0 Å². The van der Waals surface area contributed by atoms with E-state index in [1.807, 2.05) is 12.1 Å². The van der Waals surface area contributed by atoms with E-state index in [9.17, 15) is 4.79 Å². The van der Waals surface area contributed by atoms with Crippen molar-refractivity contribution in [3.05, 3.63) is 24.3 Å². The van der Waals surface area contributed by atoms with Crippen LogP contribution in [-0.4, -0.2) is 75.4 Å². The first kappa shape index (κ1) is 15.9. The Morgan fingerprint density at radius 1 is 1.17 bits per heavy atom. The van der Waals surface area contributed by atoms with Crippen molar-refractivity contribution in [2.24, 2.45) is 0 Å². The highest BCUT2D eigenvalue weighted by molar-refractivity contribution is 5.69. The average Bonchev–Trinajstić information content (AvgIpc) is 2.92. The predicted molar refractivity (Wildman–Crippen MR) is 89.2 cm³/mol. The largest absolute Gasteiger partial charge is 0.497 e. The van der Waals surface area contributed by atoms with E-state index >= 15 is 0 Å². The van der Waals surface area contributed by atoms with Gasteiger partial charge in [0.05, 0.1) is 13.7 Å². The van der Waals surface area contributed by atoms with Crippen molar-refractivity contribution >= 4 is 11.8 Å². The molecule has 1 unspecified atom stereocenters. The van der Waals surface area contributed by atoms with Gasteiger partial charge in [-0.15, -0.1) is 0 Å². The maximum Gasteiger partial charge on any atom is 0.409 e. The van der Waals surface area contributed by atoms with E-state index in [0.717, 1.165) is 44.9 Å². The first-order chi connectivity index (χ1) is 11.2. The normalized spacial score (nSPS) is 22.3. The highest BCUT2D eigenvalue weighted by atomic mass is 16.6. The summed E-state index contributed by atoms with van der Waals surface area (Å²) in [7, 11) is 3.48. The van der Waals surface area contributed by atoms with Crippen LogP contribution in [-0.2, 0) is 4.74 Å². The number of cyclic esters (lactones) is 1. The van der Waals surface area contributed by atoms with Gasteiger partial charge in [-0.05, 0) is 30.7 Å². The molecule has 3 rings (SSSR count). The number of piperazine rings is 1. The Bertz CT molecular complexity index is 526. The van der Waals surface area contributed by atoms with Gasteiger partial charge in [0.1, 0.15) is 11.9 Å². The Morgan fingerprint density at radius 2 is 1.87 bits per heavy atom. The van der Waals surface area contributed by atoms with E-state index in [0.29, 0.717) is 6.54 Å². The van der Waals surface area contributed by atoms with Gasteiger partial charge in [0, 0.05) is 45.5 Å². The molecule has 0 radical (unpaired) electrons. The van der Waals surface area contributed by atoms with E-state index in [1.54, 1.807) is 19.1 Å². The first-order valence-corrected chi connectivity index (χ1v) is 8.19. The molecule has 23 heavy (non-hydrogen) atoms. The Balaban J connectivity index is 1.42. The summed E-state index contributed by atoms with van der Waals surface area (Å²) < 4.78 is 10.5. The van der Waals surface area contributed by atoms with Crippen LogP contribution in [0.2, 0.25) is 0 Å². The number of rotatable bonds is 5. The number of hydrogen-bond donors (Lipinski definition) is 0. The number of carbonyl (C=O) groups excluding carboxylic acids is 1. The summed E-state index contributed by atoms with van der Waals surface area (Å²) in [5.74, 6) is 0.892. The quantitative estimate of drug-likeness (QED) is 0.826. The number of hydrogen-bond acceptors (Lipinski definition) is 5. The number of amides is 1. The lowest BCUT2D eigenvalue weighted by atomic mass is 10.2. The van der Waals surface area contributed by atoms with Gasteiger partial charge in [-0.1, -0.05) is 0 Å². The molecule has 2 heterocycles. The Morgan fingerprint density at radius 3 is 2.43 bits per heavy atom. The number of nitrogens with zero attached hydrogens (tertiary/aromatic N) is 3. The fourth-order valence-corrected chi connectivity index (χ4v) is 3.15. The third kappa shape index (κ3) is 3.88. The molecule has 2 fully saturated rings. The van der Waals surface area contributed by atoms with Crippen molar-refractivity contribution in [2.45, 2.75) is 12.5 Å². The molecule has 0 bridgehead atoms. The lowest BCUT2D eigenvalue weighted by molar-refractivity contribution is 0.121. The van der Waals surface area contributed by atoms with Gasteiger partial charge in [-0.25, -0.2) is 4.79 Å². The minimum Gasteiger partial charge on any atom is -0.497 e. The molecule has 126 valence electrons. The molecular weight excluding hydrogens is 294 g/mol. The number of methoxy groups -OCH3 is 1. The first-order valence-electron chi connectivity index (χ1n) is 8.19. The molecule has 1 aromatic rings. The third-order valence-corrected chi connectivity index (χ3v) is 4.63. The number of likely N-dealkylation sites (N-methyl/N-ethyl adjacent to an activating group) is 1. The molecule has 6 heteroatoms. The molecule has 0 spiro atoms. The second kappa shape index (κ2) is 7.08. The zero-order valence-electron chi connectivity index (χ0n) is 13.9. The molecule has 1 aromatic carbocycles. The molecule has 1 amide bonds. The second-order valence-corrected chi connectivity index (χ2v) is 6.20. The summed E-state index contributed by atoms with van der Waals surface area (Å²) in [4.78, 5) is 17.9. The zero-order chi connectivity index (χ0) is 16.2. The van der Waals surface area contributed by atoms with Crippen molar-refractivity contribution in [2.75, 3.05) is 58.3 Å². The van der Waals surface area contributed by atoms with E-state index < -0.39 is 0 Å². The fourth-order valence-electron chi connectivity index (χ4n) is 3.15. The predicted octanol–water partition coefficient (Wildman–Crippen LogP) is 1.66. The van der Waals surface area contributed by atoms with Crippen LogP contribution in [0, 0.1) is 0 Å². The van der Waals surface area contributed by atoms with Crippen LogP contribution in [0.4, 0.5) is 10.5 Å². The lowest BCUT2D eigenvalue weighted by Gasteiger charge is -2.36. The van der Waals surface area contributed by atoms with E-state index in [4.69, 9.17) is 9.47 Å². The summed E-state index contributed by atoms with van der Waals surface area (Å²) >= 11 is 0. The molecule has 6 nitrogen and oxygen atoms in total. The maximum atomic E-state index is 11.4. The van der Waals surface area contributed by atoms with Gasteiger partial charge in [-0.3, -0.25) is 4.90 Å². The summed E-state index contributed by atoms with van der Waals surface area (Å²) in [6.07, 6.45) is 0.768. The van der Waals surface area contributed by atoms with Crippen LogP contribution in [0.1, 0.15) is 6.42 Å². The van der Waals surface area contributed by atoms with E-state index in [-0.39, 0.29) is 12.2 Å².